The van der Waals surface area contributed by atoms with E-state index in [1.165, 1.54) is 12.1 Å². The zero-order valence-electron chi connectivity index (χ0n) is 13.5. The summed E-state index contributed by atoms with van der Waals surface area (Å²) in [7, 11) is 0. The van der Waals surface area contributed by atoms with Gasteiger partial charge in [0.15, 0.2) is 0 Å². The first-order valence-corrected chi connectivity index (χ1v) is 8.29. The lowest BCUT2D eigenvalue weighted by atomic mass is 9.97. The predicted octanol–water partition coefficient (Wildman–Crippen LogP) is 3.79. The number of para-hydroxylation sites is 2. The summed E-state index contributed by atoms with van der Waals surface area (Å²) in [5, 5.41) is 12.5. The maximum atomic E-state index is 13.3. The Morgan fingerprint density at radius 1 is 1.04 bits per heavy atom. The van der Waals surface area contributed by atoms with E-state index in [0.717, 1.165) is 43.4 Å². The predicted molar refractivity (Wildman–Crippen MR) is 92.1 cm³/mol. The van der Waals surface area contributed by atoms with Crippen LogP contribution in [0.25, 0.3) is 0 Å². The molecule has 0 spiro atoms. The van der Waals surface area contributed by atoms with Crippen molar-refractivity contribution in [1.29, 1.82) is 0 Å². The number of piperidine rings is 1. The SMILES string of the molecule is OCC1CCN(c2ccccc2NCc2cc(F)cc(F)c2)CC1. The molecule has 0 unspecified atom stereocenters. The number of aliphatic hydroxyl groups excluding tert-OH is 1. The van der Waals surface area contributed by atoms with Gasteiger partial charge in [0, 0.05) is 32.3 Å². The molecule has 1 fully saturated rings. The minimum atomic E-state index is -0.564. The summed E-state index contributed by atoms with van der Waals surface area (Å²) in [5.74, 6) is -0.742. The summed E-state index contributed by atoms with van der Waals surface area (Å²) in [6, 6.07) is 11.5. The van der Waals surface area contributed by atoms with Gasteiger partial charge in [0.1, 0.15) is 11.6 Å². The maximum Gasteiger partial charge on any atom is 0.126 e. The summed E-state index contributed by atoms with van der Waals surface area (Å²) >= 11 is 0. The van der Waals surface area contributed by atoms with Gasteiger partial charge in [-0.2, -0.15) is 0 Å². The molecule has 3 nitrogen and oxygen atoms in total. The third-order valence-electron chi connectivity index (χ3n) is 4.52. The lowest BCUT2D eigenvalue weighted by molar-refractivity contribution is 0.203. The van der Waals surface area contributed by atoms with Gasteiger partial charge in [0.25, 0.3) is 0 Å². The fraction of sp³-hybridized carbons (Fsp3) is 0.368. The Kier molecular flexibility index (Phi) is 5.30. The van der Waals surface area contributed by atoms with Crippen molar-refractivity contribution in [3.63, 3.8) is 0 Å². The lowest BCUT2D eigenvalue weighted by Crippen LogP contribution is -2.35. The van der Waals surface area contributed by atoms with Crippen LogP contribution in [0.15, 0.2) is 42.5 Å². The number of anilines is 2. The number of benzene rings is 2. The fourth-order valence-corrected chi connectivity index (χ4v) is 3.17. The minimum absolute atomic E-state index is 0.249. The van der Waals surface area contributed by atoms with Crippen LogP contribution in [0.1, 0.15) is 18.4 Å². The summed E-state index contributed by atoms with van der Waals surface area (Å²) < 4.78 is 26.6. The maximum absolute atomic E-state index is 13.3. The zero-order valence-corrected chi connectivity index (χ0v) is 13.5. The molecule has 2 aromatic rings. The van der Waals surface area contributed by atoms with Crippen LogP contribution >= 0.6 is 0 Å². The lowest BCUT2D eigenvalue weighted by Gasteiger charge is -2.34. The molecule has 0 amide bonds. The second kappa shape index (κ2) is 7.62. The number of aliphatic hydroxyl groups is 1. The molecular formula is C19H22F2N2O. The molecule has 0 aliphatic carbocycles. The minimum Gasteiger partial charge on any atom is -0.396 e. The zero-order chi connectivity index (χ0) is 16.9. The molecule has 24 heavy (non-hydrogen) atoms. The molecule has 1 aliphatic heterocycles. The molecule has 0 aromatic heterocycles. The molecule has 2 N–H and O–H groups in total. The molecule has 0 saturated carbocycles. The van der Waals surface area contributed by atoms with Crippen LogP contribution in [0.2, 0.25) is 0 Å². The summed E-state index contributed by atoms with van der Waals surface area (Å²) in [5.41, 5.74) is 2.61. The van der Waals surface area contributed by atoms with Crippen molar-refractivity contribution in [1.82, 2.24) is 0 Å². The van der Waals surface area contributed by atoms with E-state index >= 15 is 0 Å². The highest BCUT2D eigenvalue weighted by molar-refractivity contribution is 5.70. The van der Waals surface area contributed by atoms with E-state index in [0.29, 0.717) is 18.0 Å². The van der Waals surface area contributed by atoms with Crippen molar-refractivity contribution in [2.75, 3.05) is 29.9 Å². The molecule has 128 valence electrons. The molecule has 1 heterocycles. The number of halogens is 2. The average Bonchev–Trinajstić information content (AvgIpc) is 2.59. The first kappa shape index (κ1) is 16.7. The van der Waals surface area contributed by atoms with Crippen LogP contribution in [0.4, 0.5) is 20.2 Å². The Labute approximate surface area is 140 Å². The molecule has 3 rings (SSSR count). The highest BCUT2D eigenvalue weighted by atomic mass is 19.1. The number of rotatable bonds is 5. The van der Waals surface area contributed by atoms with Gasteiger partial charge in [-0.15, -0.1) is 0 Å². The standard InChI is InChI=1S/C19H22F2N2O/c20-16-9-15(10-17(21)11-16)12-22-18-3-1-2-4-19(18)23-7-5-14(13-24)6-8-23/h1-4,9-11,14,22,24H,5-8,12-13H2. The Bertz CT molecular complexity index is 665. The third-order valence-corrected chi connectivity index (χ3v) is 4.52. The van der Waals surface area contributed by atoms with E-state index in [1.807, 2.05) is 24.3 Å². The van der Waals surface area contributed by atoms with Crippen molar-refractivity contribution in [2.45, 2.75) is 19.4 Å². The van der Waals surface area contributed by atoms with Crippen molar-refractivity contribution in [3.05, 3.63) is 59.7 Å². The van der Waals surface area contributed by atoms with Crippen molar-refractivity contribution in [3.8, 4) is 0 Å². The summed E-state index contributed by atoms with van der Waals surface area (Å²) in [4.78, 5) is 2.29. The first-order chi connectivity index (χ1) is 11.7. The normalized spacial score (nSPS) is 15.5. The Morgan fingerprint density at radius 3 is 2.38 bits per heavy atom. The van der Waals surface area contributed by atoms with Crippen molar-refractivity contribution in [2.24, 2.45) is 5.92 Å². The van der Waals surface area contributed by atoms with Gasteiger partial charge in [-0.1, -0.05) is 12.1 Å². The second-order valence-electron chi connectivity index (χ2n) is 6.26. The quantitative estimate of drug-likeness (QED) is 0.874. The van der Waals surface area contributed by atoms with Crippen molar-refractivity contribution >= 4 is 11.4 Å². The summed E-state index contributed by atoms with van der Waals surface area (Å²) in [6.07, 6.45) is 1.94. The second-order valence-corrected chi connectivity index (χ2v) is 6.26. The van der Waals surface area contributed by atoms with E-state index in [-0.39, 0.29) is 6.61 Å². The number of hydrogen-bond donors (Lipinski definition) is 2. The van der Waals surface area contributed by atoms with E-state index in [9.17, 15) is 13.9 Å². The van der Waals surface area contributed by atoms with Gasteiger partial charge < -0.3 is 15.3 Å². The van der Waals surface area contributed by atoms with E-state index in [4.69, 9.17) is 0 Å². The molecule has 2 aromatic carbocycles. The smallest absolute Gasteiger partial charge is 0.126 e. The Hall–Kier alpha value is -2.14. The van der Waals surface area contributed by atoms with Gasteiger partial charge in [-0.05, 0) is 48.6 Å². The van der Waals surface area contributed by atoms with Crippen LogP contribution in [0.5, 0.6) is 0 Å². The number of nitrogens with one attached hydrogen (secondary N) is 1. The highest BCUT2D eigenvalue weighted by Gasteiger charge is 2.20. The molecule has 1 saturated heterocycles. The molecule has 0 bridgehead atoms. The largest absolute Gasteiger partial charge is 0.396 e. The molecule has 5 heteroatoms. The van der Waals surface area contributed by atoms with Crippen molar-refractivity contribution < 1.29 is 13.9 Å². The molecular weight excluding hydrogens is 310 g/mol. The first-order valence-electron chi connectivity index (χ1n) is 8.29. The molecule has 1 aliphatic rings. The third kappa shape index (κ3) is 4.03. The van der Waals surface area contributed by atoms with E-state index in [2.05, 4.69) is 10.2 Å². The number of hydrogen-bond acceptors (Lipinski definition) is 3. The molecule has 0 atom stereocenters. The van der Waals surface area contributed by atoms with Gasteiger partial charge in [0.05, 0.1) is 11.4 Å². The van der Waals surface area contributed by atoms with Gasteiger partial charge in [-0.25, -0.2) is 8.78 Å². The van der Waals surface area contributed by atoms with Gasteiger partial charge in [-0.3, -0.25) is 0 Å². The Morgan fingerprint density at radius 2 is 1.71 bits per heavy atom. The Balaban J connectivity index is 1.70. The summed E-state index contributed by atoms with van der Waals surface area (Å²) in [6.45, 7) is 2.41. The topological polar surface area (TPSA) is 35.5 Å². The molecule has 0 radical (unpaired) electrons. The van der Waals surface area contributed by atoms with Gasteiger partial charge in [0.2, 0.25) is 0 Å². The van der Waals surface area contributed by atoms with Crippen LogP contribution in [-0.4, -0.2) is 24.8 Å². The average molecular weight is 332 g/mol. The highest BCUT2D eigenvalue weighted by Crippen LogP contribution is 2.30. The van der Waals surface area contributed by atoms with Crippen LogP contribution in [-0.2, 0) is 6.54 Å². The van der Waals surface area contributed by atoms with Crippen LogP contribution < -0.4 is 10.2 Å². The van der Waals surface area contributed by atoms with E-state index in [1.54, 1.807) is 0 Å². The van der Waals surface area contributed by atoms with E-state index < -0.39 is 11.6 Å². The monoisotopic (exact) mass is 332 g/mol. The number of nitrogens with zero attached hydrogens (tertiary/aromatic N) is 1. The van der Waals surface area contributed by atoms with Crippen LogP contribution in [0, 0.1) is 17.6 Å². The van der Waals surface area contributed by atoms with Gasteiger partial charge >= 0.3 is 0 Å². The fourth-order valence-electron chi connectivity index (χ4n) is 3.17. The van der Waals surface area contributed by atoms with Crippen LogP contribution in [0.3, 0.4) is 0 Å².